The zero-order valence-electron chi connectivity index (χ0n) is 9.89. The van der Waals surface area contributed by atoms with Gasteiger partial charge in [0, 0.05) is 6.20 Å². The maximum atomic E-state index is 10.2. The summed E-state index contributed by atoms with van der Waals surface area (Å²) in [5.74, 6) is 0.295. The molecular weight excluding hydrogens is 242 g/mol. The van der Waals surface area contributed by atoms with Crippen molar-refractivity contribution >= 4 is 5.84 Å². The van der Waals surface area contributed by atoms with E-state index in [1.165, 1.54) is 13.0 Å². The highest BCUT2D eigenvalue weighted by Crippen LogP contribution is 2.33. The molecule has 5 N–H and O–H groups in total. The first kappa shape index (κ1) is 13.2. The van der Waals surface area contributed by atoms with Crippen molar-refractivity contribution in [1.82, 2.24) is 10.4 Å². The molecule has 2 rings (SSSR count). The fourth-order valence-electron chi connectivity index (χ4n) is 2.11. The number of aliphatic imine (C=N–C) groups is 1. The van der Waals surface area contributed by atoms with Gasteiger partial charge >= 0.3 is 0 Å². The van der Waals surface area contributed by atoms with Crippen LogP contribution in [0, 0.1) is 0 Å². The van der Waals surface area contributed by atoms with Gasteiger partial charge in [-0.05, 0) is 13.0 Å². The van der Waals surface area contributed by atoms with Gasteiger partial charge in [-0.15, -0.1) is 0 Å². The largest absolute Gasteiger partial charge is 0.394 e. The van der Waals surface area contributed by atoms with E-state index < -0.39 is 24.0 Å². The summed E-state index contributed by atoms with van der Waals surface area (Å²) in [7, 11) is 0. The number of hydroxylamine groups is 1. The first-order valence-corrected chi connectivity index (χ1v) is 5.56. The topological polar surface area (TPSA) is 118 Å². The van der Waals surface area contributed by atoms with Crippen molar-refractivity contribution in [2.24, 2.45) is 4.99 Å². The molecule has 18 heavy (non-hydrogen) atoms. The van der Waals surface area contributed by atoms with Crippen molar-refractivity contribution < 1.29 is 25.3 Å². The lowest BCUT2D eigenvalue weighted by molar-refractivity contribution is -0.119. The third-order valence-electron chi connectivity index (χ3n) is 3.18. The molecule has 0 aromatic heterocycles. The molecule has 2 aliphatic heterocycles. The molecule has 0 aromatic rings. The Labute approximate surface area is 104 Å². The smallest absolute Gasteiger partial charge is 0.163 e. The fourth-order valence-corrected chi connectivity index (χ4v) is 2.11. The SMILES string of the molecule is C[C@@]1(O)[C@H](O)[C@@H](CO)O[C@H]1N1C=CC(NO)=NC1. The van der Waals surface area contributed by atoms with E-state index in [4.69, 9.17) is 15.1 Å². The van der Waals surface area contributed by atoms with Crippen molar-refractivity contribution in [2.45, 2.75) is 31.0 Å². The lowest BCUT2D eigenvalue weighted by Gasteiger charge is -2.35. The van der Waals surface area contributed by atoms with Crippen LogP contribution in [0.1, 0.15) is 6.92 Å². The molecule has 0 radical (unpaired) electrons. The monoisotopic (exact) mass is 259 g/mol. The van der Waals surface area contributed by atoms with Crippen LogP contribution in [0.4, 0.5) is 0 Å². The first-order valence-electron chi connectivity index (χ1n) is 5.56. The lowest BCUT2D eigenvalue weighted by atomic mass is 9.96. The summed E-state index contributed by atoms with van der Waals surface area (Å²) in [6.45, 7) is 1.22. The van der Waals surface area contributed by atoms with E-state index in [1.54, 1.807) is 11.1 Å². The minimum absolute atomic E-state index is 0.158. The number of nitrogens with zero attached hydrogens (tertiary/aromatic N) is 2. The van der Waals surface area contributed by atoms with Gasteiger partial charge in [-0.3, -0.25) is 10.7 Å². The number of aliphatic hydroxyl groups excluding tert-OH is 2. The number of aliphatic hydroxyl groups is 3. The first-order chi connectivity index (χ1) is 8.50. The van der Waals surface area contributed by atoms with Crippen LogP contribution in [-0.2, 0) is 4.74 Å². The summed E-state index contributed by atoms with van der Waals surface area (Å²) in [6, 6.07) is 0. The highest BCUT2D eigenvalue weighted by molar-refractivity contribution is 5.92. The number of hydrogen-bond acceptors (Lipinski definition) is 8. The second-order valence-corrected chi connectivity index (χ2v) is 4.51. The Hall–Kier alpha value is -1.19. The van der Waals surface area contributed by atoms with E-state index in [0.29, 0.717) is 5.84 Å². The van der Waals surface area contributed by atoms with E-state index in [2.05, 4.69) is 4.99 Å². The molecular formula is C10H17N3O5. The summed E-state index contributed by atoms with van der Waals surface area (Å²) in [4.78, 5) is 5.54. The average Bonchev–Trinajstić information content (AvgIpc) is 2.61. The van der Waals surface area contributed by atoms with E-state index in [1.807, 2.05) is 5.48 Å². The number of ether oxygens (including phenoxy) is 1. The zero-order valence-corrected chi connectivity index (χ0v) is 9.89. The molecule has 8 nitrogen and oxygen atoms in total. The molecule has 0 unspecified atom stereocenters. The Morgan fingerprint density at radius 2 is 2.39 bits per heavy atom. The van der Waals surface area contributed by atoms with Crippen LogP contribution in [0.5, 0.6) is 0 Å². The van der Waals surface area contributed by atoms with Crippen LogP contribution >= 0.6 is 0 Å². The Morgan fingerprint density at radius 1 is 1.67 bits per heavy atom. The molecule has 1 fully saturated rings. The average molecular weight is 259 g/mol. The van der Waals surface area contributed by atoms with Crippen LogP contribution in [0.15, 0.2) is 17.3 Å². The van der Waals surface area contributed by atoms with E-state index in [-0.39, 0.29) is 13.3 Å². The van der Waals surface area contributed by atoms with E-state index >= 15 is 0 Å². The Balaban J connectivity index is 2.11. The highest BCUT2D eigenvalue weighted by Gasteiger charge is 2.53. The molecule has 4 atom stereocenters. The molecule has 102 valence electrons. The van der Waals surface area contributed by atoms with Gasteiger partial charge in [0.15, 0.2) is 6.23 Å². The van der Waals surface area contributed by atoms with Gasteiger partial charge < -0.3 is 25.0 Å². The normalized spacial score (nSPS) is 39.9. The van der Waals surface area contributed by atoms with Crippen molar-refractivity contribution in [3.05, 3.63) is 12.3 Å². The lowest BCUT2D eigenvalue weighted by Crippen LogP contribution is -2.52. The summed E-state index contributed by atoms with van der Waals surface area (Å²) in [6.07, 6.45) is 0.255. The summed E-state index contributed by atoms with van der Waals surface area (Å²) in [5, 5.41) is 37.8. The molecule has 2 heterocycles. The van der Waals surface area contributed by atoms with Crippen LogP contribution in [0.2, 0.25) is 0 Å². The molecule has 0 amide bonds. The van der Waals surface area contributed by atoms with Crippen LogP contribution in [0.25, 0.3) is 0 Å². The molecule has 0 aromatic carbocycles. The fraction of sp³-hybridized carbons (Fsp3) is 0.700. The molecule has 8 heteroatoms. The minimum Gasteiger partial charge on any atom is -0.394 e. The molecule has 0 aliphatic carbocycles. The number of rotatable bonds is 2. The zero-order chi connectivity index (χ0) is 13.3. The van der Waals surface area contributed by atoms with Crippen molar-refractivity contribution in [3.63, 3.8) is 0 Å². The van der Waals surface area contributed by atoms with Crippen LogP contribution in [-0.4, -0.2) is 68.6 Å². The molecule has 0 spiro atoms. The summed E-state index contributed by atoms with van der Waals surface area (Å²) < 4.78 is 5.42. The van der Waals surface area contributed by atoms with Gasteiger partial charge in [0.1, 0.15) is 30.3 Å². The number of nitrogens with one attached hydrogen (secondary N) is 1. The molecule has 2 aliphatic rings. The predicted molar refractivity (Wildman–Crippen MR) is 60.6 cm³/mol. The Bertz CT molecular complexity index is 371. The van der Waals surface area contributed by atoms with Crippen LogP contribution < -0.4 is 5.48 Å². The quantitative estimate of drug-likeness (QED) is 0.363. The third kappa shape index (κ3) is 2.08. The number of amidine groups is 1. The highest BCUT2D eigenvalue weighted by atomic mass is 16.6. The van der Waals surface area contributed by atoms with Gasteiger partial charge in [-0.2, -0.15) is 0 Å². The Kier molecular flexibility index (Phi) is 3.55. The third-order valence-corrected chi connectivity index (χ3v) is 3.18. The maximum absolute atomic E-state index is 10.2. The molecule has 0 bridgehead atoms. The van der Waals surface area contributed by atoms with Crippen molar-refractivity contribution in [2.75, 3.05) is 13.3 Å². The van der Waals surface area contributed by atoms with Crippen molar-refractivity contribution in [3.8, 4) is 0 Å². The molecule has 1 saturated heterocycles. The second kappa shape index (κ2) is 4.82. The van der Waals surface area contributed by atoms with Gasteiger partial charge in [-0.25, -0.2) is 4.99 Å². The second-order valence-electron chi connectivity index (χ2n) is 4.51. The molecule has 0 saturated carbocycles. The van der Waals surface area contributed by atoms with Crippen molar-refractivity contribution in [1.29, 1.82) is 0 Å². The standard InChI is InChI=1S/C10H17N3O5/c1-10(16)8(15)6(4-14)18-9(10)13-3-2-7(12-17)11-5-13/h2-3,6,8-9,14-17H,4-5H2,1H3,(H,11,12)/t6-,8-,9-,10-/m1/s1. The van der Waals surface area contributed by atoms with E-state index in [0.717, 1.165) is 0 Å². The minimum atomic E-state index is -1.52. The van der Waals surface area contributed by atoms with Gasteiger partial charge in [0.05, 0.1) is 6.61 Å². The summed E-state index contributed by atoms with van der Waals surface area (Å²) >= 11 is 0. The van der Waals surface area contributed by atoms with E-state index in [9.17, 15) is 10.2 Å². The van der Waals surface area contributed by atoms with Gasteiger partial charge in [0.2, 0.25) is 0 Å². The van der Waals surface area contributed by atoms with Crippen LogP contribution in [0.3, 0.4) is 0 Å². The van der Waals surface area contributed by atoms with Gasteiger partial charge in [0.25, 0.3) is 0 Å². The Morgan fingerprint density at radius 3 is 2.83 bits per heavy atom. The summed E-state index contributed by atoms with van der Waals surface area (Å²) in [5.41, 5.74) is 0.392. The predicted octanol–water partition coefficient (Wildman–Crippen LogP) is -2.02. The van der Waals surface area contributed by atoms with Gasteiger partial charge in [-0.1, -0.05) is 0 Å². The maximum Gasteiger partial charge on any atom is 0.163 e. The number of hydrogen-bond donors (Lipinski definition) is 5.